The van der Waals surface area contributed by atoms with Crippen molar-refractivity contribution in [3.8, 4) is 0 Å². The summed E-state index contributed by atoms with van der Waals surface area (Å²) in [6.45, 7) is 9.57. The largest absolute Gasteiger partial charge is 0.369 e. The lowest BCUT2D eigenvalue weighted by Gasteiger charge is -2.36. The quantitative estimate of drug-likeness (QED) is 0.906. The number of halogens is 1. The highest BCUT2D eigenvalue weighted by atomic mass is 35.5. The Morgan fingerprint density at radius 2 is 1.81 bits per heavy atom. The fourth-order valence-corrected chi connectivity index (χ4v) is 2.55. The standard InChI is InChI=1S/C16H24ClN3O/c1-13(2)16(21)18-7-8-19-9-11-20(12-10-19)15-5-3-14(17)4-6-15/h3-6,13H,7-12H2,1-2H3,(H,18,21). The summed E-state index contributed by atoms with van der Waals surface area (Å²) in [6, 6.07) is 8.01. The molecule has 1 fully saturated rings. The molecule has 1 N–H and O–H groups in total. The highest BCUT2D eigenvalue weighted by Crippen LogP contribution is 2.19. The van der Waals surface area contributed by atoms with Gasteiger partial charge >= 0.3 is 0 Å². The maximum atomic E-state index is 11.5. The molecule has 1 saturated heterocycles. The molecule has 21 heavy (non-hydrogen) atoms. The summed E-state index contributed by atoms with van der Waals surface area (Å²) in [5.41, 5.74) is 1.23. The molecule has 0 saturated carbocycles. The first-order valence-corrected chi connectivity index (χ1v) is 7.94. The van der Waals surface area contributed by atoms with E-state index in [4.69, 9.17) is 11.6 Å². The monoisotopic (exact) mass is 309 g/mol. The van der Waals surface area contributed by atoms with Crippen LogP contribution in [0.5, 0.6) is 0 Å². The summed E-state index contributed by atoms with van der Waals surface area (Å²) in [6.07, 6.45) is 0. The Kier molecular flexibility index (Phi) is 5.88. The summed E-state index contributed by atoms with van der Waals surface area (Å²) in [5, 5.41) is 3.75. The van der Waals surface area contributed by atoms with Gasteiger partial charge in [-0.2, -0.15) is 0 Å². The molecule has 1 aliphatic rings. The van der Waals surface area contributed by atoms with Crippen LogP contribution in [0, 0.1) is 5.92 Å². The third kappa shape index (κ3) is 4.90. The van der Waals surface area contributed by atoms with Crippen LogP contribution in [0.2, 0.25) is 5.02 Å². The summed E-state index contributed by atoms with van der Waals surface area (Å²) in [4.78, 5) is 16.3. The van der Waals surface area contributed by atoms with E-state index in [9.17, 15) is 4.79 Å². The Labute approximate surface area is 132 Å². The molecule has 1 heterocycles. The van der Waals surface area contributed by atoms with Gasteiger partial charge in [-0.25, -0.2) is 0 Å². The van der Waals surface area contributed by atoms with Gasteiger partial charge in [-0.1, -0.05) is 25.4 Å². The molecule has 4 nitrogen and oxygen atoms in total. The van der Waals surface area contributed by atoms with Crippen LogP contribution in [0.1, 0.15) is 13.8 Å². The van der Waals surface area contributed by atoms with Gasteiger partial charge in [0.15, 0.2) is 0 Å². The predicted octanol–water partition coefficient (Wildman–Crippen LogP) is 2.23. The predicted molar refractivity (Wildman–Crippen MR) is 88.0 cm³/mol. The van der Waals surface area contributed by atoms with Gasteiger partial charge in [0.25, 0.3) is 0 Å². The second kappa shape index (κ2) is 7.66. The molecule has 1 aromatic carbocycles. The van der Waals surface area contributed by atoms with Gasteiger partial charge < -0.3 is 10.2 Å². The molecule has 5 heteroatoms. The average Bonchev–Trinajstić information content (AvgIpc) is 2.48. The van der Waals surface area contributed by atoms with Crippen molar-refractivity contribution in [2.24, 2.45) is 5.92 Å². The Morgan fingerprint density at radius 3 is 2.38 bits per heavy atom. The number of carbonyl (C=O) groups is 1. The van der Waals surface area contributed by atoms with Crippen LogP contribution < -0.4 is 10.2 Å². The molecule has 0 atom stereocenters. The Morgan fingerprint density at radius 1 is 1.19 bits per heavy atom. The zero-order chi connectivity index (χ0) is 15.2. The molecule has 0 aromatic heterocycles. The van der Waals surface area contributed by atoms with Gasteiger partial charge in [-0.15, -0.1) is 0 Å². The highest BCUT2D eigenvalue weighted by Gasteiger charge is 2.17. The number of piperazine rings is 1. The minimum atomic E-state index is 0.0618. The molecule has 0 bridgehead atoms. The molecule has 1 aromatic rings. The molecule has 1 aliphatic heterocycles. The zero-order valence-electron chi connectivity index (χ0n) is 12.8. The molecule has 0 radical (unpaired) electrons. The molecule has 0 unspecified atom stereocenters. The third-order valence-electron chi connectivity index (χ3n) is 3.82. The van der Waals surface area contributed by atoms with E-state index < -0.39 is 0 Å². The van der Waals surface area contributed by atoms with Crippen molar-refractivity contribution in [3.63, 3.8) is 0 Å². The molecule has 0 aliphatic carbocycles. The molecule has 116 valence electrons. The van der Waals surface area contributed by atoms with E-state index in [1.165, 1.54) is 5.69 Å². The van der Waals surface area contributed by atoms with Gasteiger partial charge in [0, 0.05) is 55.9 Å². The van der Waals surface area contributed by atoms with Crippen molar-refractivity contribution in [2.45, 2.75) is 13.8 Å². The molecule has 0 spiro atoms. The highest BCUT2D eigenvalue weighted by molar-refractivity contribution is 6.30. The smallest absolute Gasteiger partial charge is 0.222 e. The lowest BCUT2D eigenvalue weighted by molar-refractivity contribution is -0.124. The minimum absolute atomic E-state index is 0.0618. The van der Waals surface area contributed by atoms with Crippen molar-refractivity contribution in [1.82, 2.24) is 10.2 Å². The maximum Gasteiger partial charge on any atom is 0.222 e. The number of hydrogen-bond acceptors (Lipinski definition) is 3. The van der Waals surface area contributed by atoms with E-state index in [0.717, 1.165) is 44.3 Å². The summed E-state index contributed by atoms with van der Waals surface area (Å²) >= 11 is 5.92. The second-order valence-electron chi connectivity index (χ2n) is 5.75. The van der Waals surface area contributed by atoms with E-state index in [-0.39, 0.29) is 11.8 Å². The number of amides is 1. The topological polar surface area (TPSA) is 35.6 Å². The van der Waals surface area contributed by atoms with Crippen LogP contribution in [0.4, 0.5) is 5.69 Å². The van der Waals surface area contributed by atoms with Gasteiger partial charge in [-0.05, 0) is 24.3 Å². The SMILES string of the molecule is CC(C)C(=O)NCCN1CCN(c2ccc(Cl)cc2)CC1. The number of nitrogens with one attached hydrogen (secondary N) is 1. The Balaban J connectivity index is 1.71. The van der Waals surface area contributed by atoms with E-state index in [1.807, 2.05) is 26.0 Å². The number of anilines is 1. The first kappa shape index (κ1) is 16.1. The van der Waals surface area contributed by atoms with Gasteiger partial charge in [-0.3, -0.25) is 9.69 Å². The van der Waals surface area contributed by atoms with E-state index >= 15 is 0 Å². The fourth-order valence-electron chi connectivity index (χ4n) is 2.42. The fraction of sp³-hybridized carbons (Fsp3) is 0.562. The lowest BCUT2D eigenvalue weighted by atomic mass is 10.2. The van der Waals surface area contributed by atoms with Crippen LogP contribution >= 0.6 is 11.6 Å². The first-order chi connectivity index (χ1) is 10.1. The Bertz CT molecular complexity index is 453. The zero-order valence-corrected chi connectivity index (χ0v) is 13.6. The number of rotatable bonds is 5. The maximum absolute atomic E-state index is 11.5. The molecular formula is C16H24ClN3O. The Hall–Kier alpha value is -1.26. The number of carbonyl (C=O) groups excluding carboxylic acids is 1. The van der Waals surface area contributed by atoms with Crippen molar-refractivity contribution in [3.05, 3.63) is 29.3 Å². The molecule has 2 rings (SSSR count). The van der Waals surface area contributed by atoms with Crippen molar-refractivity contribution < 1.29 is 4.79 Å². The van der Waals surface area contributed by atoms with Crippen LogP contribution in [0.3, 0.4) is 0 Å². The van der Waals surface area contributed by atoms with Crippen molar-refractivity contribution in [1.29, 1.82) is 0 Å². The van der Waals surface area contributed by atoms with Gasteiger partial charge in [0.1, 0.15) is 0 Å². The van der Waals surface area contributed by atoms with Crippen LogP contribution in [-0.2, 0) is 4.79 Å². The molecule has 1 amide bonds. The summed E-state index contributed by atoms with van der Waals surface area (Å²) in [5.74, 6) is 0.196. The normalized spacial score (nSPS) is 16.3. The number of benzene rings is 1. The van der Waals surface area contributed by atoms with Gasteiger partial charge in [0.05, 0.1) is 0 Å². The van der Waals surface area contributed by atoms with Gasteiger partial charge in [0.2, 0.25) is 5.91 Å². The number of hydrogen-bond donors (Lipinski definition) is 1. The number of nitrogens with zero attached hydrogens (tertiary/aromatic N) is 2. The minimum Gasteiger partial charge on any atom is -0.369 e. The lowest BCUT2D eigenvalue weighted by Crippen LogP contribution is -2.48. The van der Waals surface area contributed by atoms with Crippen LogP contribution in [0.25, 0.3) is 0 Å². The molecular weight excluding hydrogens is 286 g/mol. The summed E-state index contributed by atoms with van der Waals surface area (Å²) < 4.78 is 0. The third-order valence-corrected chi connectivity index (χ3v) is 4.07. The van der Waals surface area contributed by atoms with Crippen LogP contribution in [-0.4, -0.2) is 50.1 Å². The van der Waals surface area contributed by atoms with E-state index in [1.54, 1.807) is 0 Å². The first-order valence-electron chi connectivity index (χ1n) is 7.57. The summed E-state index contributed by atoms with van der Waals surface area (Å²) in [7, 11) is 0. The van der Waals surface area contributed by atoms with Crippen LogP contribution in [0.15, 0.2) is 24.3 Å². The van der Waals surface area contributed by atoms with Crippen molar-refractivity contribution in [2.75, 3.05) is 44.2 Å². The van der Waals surface area contributed by atoms with E-state index in [2.05, 4.69) is 27.2 Å². The van der Waals surface area contributed by atoms with Crippen molar-refractivity contribution >= 4 is 23.2 Å². The second-order valence-corrected chi connectivity index (χ2v) is 6.19. The average molecular weight is 310 g/mol. The van der Waals surface area contributed by atoms with E-state index in [0.29, 0.717) is 0 Å².